The number of nitrogens with zero attached hydrogens (tertiary/aromatic N) is 3. The first kappa shape index (κ1) is 19.2. The molecule has 0 amide bonds. The maximum absolute atomic E-state index is 4.50. The highest BCUT2D eigenvalue weighted by molar-refractivity contribution is 5.20. The summed E-state index contributed by atoms with van der Waals surface area (Å²) in [6.45, 7) is 15.6. The fourth-order valence-electron chi connectivity index (χ4n) is 7.57. The number of hydrogen-bond acceptors (Lipinski definition) is 2. The van der Waals surface area contributed by atoms with Gasteiger partial charge in [0.05, 0.1) is 0 Å². The van der Waals surface area contributed by atoms with Crippen molar-refractivity contribution in [2.75, 3.05) is 0 Å². The largest absolute Gasteiger partial charge is 0.253 e. The van der Waals surface area contributed by atoms with Crippen molar-refractivity contribution in [1.29, 1.82) is 0 Å². The molecule has 3 aliphatic carbocycles. The highest BCUT2D eigenvalue weighted by atomic mass is 15.3. The third kappa shape index (κ3) is 3.09. The van der Waals surface area contributed by atoms with Gasteiger partial charge >= 0.3 is 0 Å². The highest BCUT2D eigenvalue weighted by Gasteiger charge is 2.56. The molecule has 0 radical (unpaired) electrons. The summed E-state index contributed by atoms with van der Waals surface area (Å²) >= 11 is 0. The lowest BCUT2D eigenvalue weighted by atomic mass is 9.48. The van der Waals surface area contributed by atoms with Crippen LogP contribution in [0.2, 0.25) is 0 Å². The Balaban J connectivity index is 1.68. The highest BCUT2D eigenvalue weighted by Crippen LogP contribution is 2.64. The molecule has 150 valence electrons. The zero-order valence-corrected chi connectivity index (χ0v) is 18.0. The smallest absolute Gasteiger partial charge is 0.137 e. The Morgan fingerprint density at radius 2 is 2.00 bits per heavy atom. The zero-order chi connectivity index (χ0) is 19.2. The fraction of sp³-hybridized carbons (Fsp3) is 0.833. The van der Waals surface area contributed by atoms with Gasteiger partial charge < -0.3 is 0 Å². The van der Waals surface area contributed by atoms with Crippen molar-refractivity contribution in [3.8, 4) is 0 Å². The topological polar surface area (TPSA) is 30.7 Å². The molecule has 4 rings (SSSR count). The summed E-state index contributed by atoms with van der Waals surface area (Å²) in [4.78, 5) is 4.24. The molecular weight excluding hydrogens is 330 g/mol. The minimum absolute atomic E-state index is 0.349. The van der Waals surface area contributed by atoms with Crippen molar-refractivity contribution >= 4 is 0 Å². The van der Waals surface area contributed by atoms with Gasteiger partial charge in [-0.15, -0.1) is 0 Å². The Morgan fingerprint density at radius 3 is 2.70 bits per heavy atom. The quantitative estimate of drug-likeness (QED) is 0.598. The number of allylic oxidation sites excluding steroid dienone is 1. The maximum Gasteiger partial charge on any atom is 0.137 e. The maximum atomic E-state index is 4.50. The van der Waals surface area contributed by atoms with Gasteiger partial charge in [-0.3, -0.25) is 4.68 Å². The molecule has 27 heavy (non-hydrogen) atoms. The molecule has 0 unspecified atom stereocenters. The van der Waals surface area contributed by atoms with Crippen LogP contribution < -0.4 is 0 Å². The lowest BCUT2D eigenvalue weighted by Gasteiger charge is -2.57. The Hall–Kier alpha value is -1.12. The van der Waals surface area contributed by atoms with E-state index in [-0.39, 0.29) is 0 Å². The van der Waals surface area contributed by atoms with Crippen molar-refractivity contribution in [3.63, 3.8) is 0 Å². The van der Waals surface area contributed by atoms with Crippen LogP contribution >= 0.6 is 0 Å². The number of hydrogen-bond donors (Lipinski definition) is 0. The third-order valence-corrected chi connectivity index (χ3v) is 9.39. The van der Waals surface area contributed by atoms with Crippen LogP contribution in [0, 0.1) is 40.4 Å². The molecule has 0 aromatic carbocycles. The summed E-state index contributed by atoms with van der Waals surface area (Å²) in [5.41, 5.74) is 2.35. The van der Waals surface area contributed by atoms with E-state index in [1.54, 1.807) is 6.33 Å². The second-order valence-corrected chi connectivity index (χ2v) is 10.6. The van der Waals surface area contributed by atoms with Crippen LogP contribution in [0.15, 0.2) is 24.8 Å². The van der Waals surface area contributed by atoms with Crippen molar-refractivity contribution in [1.82, 2.24) is 14.8 Å². The second kappa shape index (κ2) is 7.04. The van der Waals surface area contributed by atoms with Gasteiger partial charge in [-0.05, 0) is 78.9 Å². The molecule has 0 saturated heterocycles. The van der Waals surface area contributed by atoms with E-state index in [0.717, 1.165) is 30.2 Å². The first-order valence-corrected chi connectivity index (χ1v) is 11.4. The summed E-state index contributed by atoms with van der Waals surface area (Å²) < 4.78 is 2.11. The molecule has 3 fully saturated rings. The van der Waals surface area contributed by atoms with Crippen molar-refractivity contribution < 1.29 is 0 Å². The molecular formula is C24H39N3. The van der Waals surface area contributed by atoms with E-state index in [4.69, 9.17) is 0 Å². The molecule has 1 aromatic heterocycles. The van der Waals surface area contributed by atoms with E-state index in [0.29, 0.717) is 16.7 Å². The Bertz CT molecular complexity index is 665. The summed E-state index contributed by atoms with van der Waals surface area (Å²) in [5.74, 6) is 4.05. The van der Waals surface area contributed by atoms with Crippen molar-refractivity contribution in [2.24, 2.45) is 40.4 Å². The number of aromatic nitrogens is 3. The number of fused-ring (bicyclic) bond motifs is 1. The average molecular weight is 370 g/mol. The molecule has 3 saturated carbocycles. The Labute approximate surface area is 166 Å². The van der Waals surface area contributed by atoms with E-state index in [9.17, 15) is 0 Å². The fourth-order valence-corrected chi connectivity index (χ4v) is 7.57. The van der Waals surface area contributed by atoms with Crippen molar-refractivity contribution in [3.05, 3.63) is 24.8 Å². The van der Waals surface area contributed by atoms with E-state index >= 15 is 0 Å². The van der Waals surface area contributed by atoms with Gasteiger partial charge in [-0.2, -0.15) is 5.10 Å². The standard InChI is InChI=1S/C24H39N3/c1-6-19-13-17(2)9-11-24(19,5)22-10-12-23(4)18(3)7-8-21(23)20(22)14-27-16-25-15-26-27/h15-17,19-22H,3,6-14H2,1-2,4-5H3/t17-,19-,20-,21-,22-,23+,24-/m0/s1. The summed E-state index contributed by atoms with van der Waals surface area (Å²) in [6.07, 6.45) is 14.5. The molecule has 0 bridgehead atoms. The predicted molar refractivity (Wildman–Crippen MR) is 111 cm³/mol. The van der Waals surface area contributed by atoms with Gasteiger partial charge in [0, 0.05) is 6.54 Å². The van der Waals surface area contributed by atoms with E-state index in [1.807, 2.05) is 6.33 Å². The summed E-state index contributed by atoms with van der Waals surface area (Å²) in [6, 6.07) is 0. The zero-order valence-electron chi connectivity index (χ0n) is 18.0. The SMILES string of the molecule is C=C1CC[C@H]2[C@H](Cn3cncn3)[C@@H]([C@@]3(C)CC[C@H](C)C[C@@H]3CC)CC[C@]12C. The number of rotatable bonds is 4. The molecule has 3 aliphatic rings. The van der Waals surface area contributed by atoms with Gasteiger partial charge in [0.2, 0.25) is 0 Å². The second-order valence-electron chi connectivity index (χ2n) is 10.6. The first-order valence-electron chi connectivity index (χ1n) is 11.4. The molecule has 0 spiro atoms. The van der Waals surface area contributed by atoms with E-state index < -0.39 is 0 Å². The van der Waals surface area contributed by atoms with Crippen LogP contribution in [0.4, 0.5) is 0 Å². The first-order chi connectivity index (χ1) is 12.9. The van der Waals surface area contributed by atoms with E-state index in [2.05, 4.69) is 49.0 Å². The molecule has 7 atom stereocenters. The summed E-state index contributed by atoms with van der Waals surface area (Å²) in [5, 5.41) is 4.50. The van der Waals surface area contributed by atoms with Gasteiger partial charge in [0.1, 0.15) is 12.7 Å². The summed E-state index contributed by atoms with van der Waals surface area (Å²) in [7, 11) is 0. The van der Waals surface area contributed by atoms with Gasteiger partial charge in [0.25, 0.3) is 0 Å². The third-order valence-electron chi connectivity index (χ3n) is 9.39. The van der Waals surface area contributed by atoms with Crippen LogP contribution in [0.5, 0.6) is 0 Å². The lowest BCUT2D eigenvalue weighted by molar-refractivity contribution is -0.0736. The molecule has 0 aliphatic heterocycles. The molecule has 1 heterocycles. The Morgan fingerprint density at radius 1 is 1.19 bits per heavy atom. The molecule has 3 nitrogen and oxygen atoms in total. The Kier molecular flexibility index (Phi) is 5.01. The predicted octanol–water partition coefficient (Wildman–Crippen LogP) is 6.13. The van der Waals surface area contributed by atoms with Crippen LogP contribution in [0.25, 0.3) is 0 Å². The molecule has 1 aromatic rings. The minimum atomic E-state index is 0.349. The normalized spacial score (nSPS) is 45.0. The van der Waals surface area contributed by atoms with Gasteiger partial charge in [0.15, 0.2) is 0 Å². The molecule has 3 heteroatoms. The van der Waals surface area contributed by atoms with Gasteiger partial charge in [-0.1, -0.05) is 52.7 Å². The van der Waals surface area contributed by atoms with Crippen LogP contribution in [-0.4, -0.2) is 14.8 Å². The average Bonchev–Trinajstić information content (AvgIpc) is 3.26. The molecule has 0 N–H and O–H groups in total. The minimum Gasteiger partial charge on any atom is -0.253 e. The van der Waals surface area contributed by atoms with E-state index in [1.165, 1.54) is 56.9 Å². The van der Waals surface area contributed by atoms with Crippen LogP contribution in [0.1, 0.15) is 79.1 Å². The van der Waals surface area contributed by atoms with Crippen LogP contribution in [-0.2, 0) is 6.54 Å². The lowest BCUT2D eigenvalue weighted by Crippen LogP contribution is -2.50. The van der Waals surface area contributed by atoms with Crippen molar-refractivity contribution in [2.45, 2.75) is 85.6 Å². The van der Waals surface area contributed by atoms with Crippen LogP contribution in [0.3, 0.4) is 0 Å². The van der Waals surface area contributed by atoms with Gasteiger partial charge in [-0.25, -0.2) is 4.98 Å². The monoisotopic (exact) mass is 369 g/mol.